The third kappa shape index (κ3) is 0.827. The Labute approximate surface area is 68.1 Å². The fourth-order valence-electron chi connectivity index (χ4n) is 1.18. The van der Waals surface area contributed by atoms with Crippen molar-refractivity contribution >= 4 is 5.52 Å². The largest absolute Gasteiger partial charge is 0.307 e. The summed E-state index contributed by atoms with van der Waals surface area (Å²) in [4.78, 5) is 17.9. The van der Waals surface area contributed by atoms with Crippen LogP contribution < -0.4 is 5.56 Å². The molecule has 0 spiro atoms. The molecule has 0 aliphatic rings. The first-order chi connectivity index (χ1) is 5.68. The molecule has 5 nitrogen and oxygen atoms in total. The third-order valence-electron chi connectivity index (χ3n) is 1.70. The number of aryl methyl sites for hydroxylation is 2. The van der Waals surface area contributed by atoms with Gasteiger partial charge in [-0.1, -0.05) is 0 Å². The molecule has 1 N–H and O–H groups in total. The number of nitrogens with zero attached hydrogens (tertiary/aromatic N) is 3. The molecule has 0 fully saturated rings. The number of rotatable bonds is 0. The summed E-state index contributed by atoms with van der Waals surface area (Å²) in [5.41, 5.74) is 1.07. The van der Waals surface area contributed by atoms with Crippen LogP contribution in [0.25, 0.3) is 5.52 Å². The minimum absolute atomic E-state index is 0.141. The Hall–Kier alpha value is -1.65. The maximum absolute atomic E-state index is 11.3. The second kappa shape index (κ2) is 2.17. The Morgan fingerprint density at radius 3 is 3.00 bits per heavy atom. The zero-order valence-electron chi connectivity index (χ0n) is 6.83. The summed E-state index contributed by atoms with van der Waals surface area (Å²) >= 11 is 0. The molecule has 0 unspecified atom stereocenters. The van der Waals surface area contributed by atoms with Crippen molar-refractivity contribution in [2.24, 2.45) is 0 Å². The van der Waals surface area contributed by atoms with Crippen LogP contribution in [0.5, 0.6) is 0 Å². The van der Waals surface area contributed by atoms with Gasteiger partial charge in [0.25, 0.3) is 5.56 Å². The number of imidazole rings is 1. The van der Waals surface area contributed by atoms with Crippen LogP contribution in [0.2, 0.25) is 0 Å². The van der Waals surface area contributed by atoms with E-state index in [0.717, 1.165) is 0 Å². The standard InChI is InChI=1S/C7H8N4O/c1-4-6-7(12)9-5(2)10-11(6)3-8-4/h3H,1-2H3,(H,9,10,12). The van der Waals surface area contributed by atoms with Crippen LogP contribution in [0.15, 0.2) is 11.1 Å². The molecule has 0 bridgehead atoms. The van der Waals surface area contributed by atoms with E-state index in [2.05, 4.69) is 15.1 Å². The predicted octanol–water partition coefficient (Wildman–Crippen LogP) is 0.0344. The van der Waals surface area contributed by atoms with Crippen LogP contribution in [0.1, 0.15) is 11.5 Å². The molecule has 62 valence electrons. The van der Waals surface area contributed by atoms with Crippen molar-refractivity contribution in [3.8, 4) is 0 Å². The first kappa shape index (κ1) is 7.02. The lowest BCUT2D eigenvalue weighted by molar-refractivity contribution is 0.835. The van der Waals surface area contributed by atoms with Gasteiger partial charge in [0.1, 0.15) is 12.2 Å². The zero-order chi connectivity index (χ0) is 8.72. The first-order valence-corrected chi connectivity index (χ1v) is 3.59. The highest BCUT2D eigenvalue weighted by Gasteiger charge is 2.04. The van der Waals surface area contributed by atoms with Crippen LogP contribution in [0.4, 0.5) is 0 Å². The molecule has 0 aliphatic carbocycles. The van der Waals surface area contributed by atoms with Crippen LogP contribution in [0.3, 0.4) is 0 Å². The predicted molar refractivity (Wildman–Crippen MR) is 43.1 cm³/mol. The maximum Gasteiger partial charge on any atom is 0.277 e. The molecule has 2 aromatic rings. The number of hydrogen-bond donors (Lipinski definition) is 1. The number of fused-ring (bicyclic) bond motifs is 1. The second-order valence-electron chi connectivity index (χ2n) is 2.66. The van der Waals surface area contributed by atoms with E-state index >= 15 is 0 Å². The Morgan fingerprint density at radius 2 is 2.25 bits per heavy atom. The highest BCUT2D eigenvalue weighted by molar-refractivity contribution is 5.47. The quantitative estimate of drug-likeness (QED) is 0.597. The van der Waals surface area contributed by atoms with E-state index < -0.39 is 0 Å². The van der Waals surface area contributed by atoms with Gasteiger partial charge in [0, 0.05) is 0 Å². The first-order valence-electron chi connectivity index (χ1n) is 3.59. The molecule has 0 atom stereocenters. The molecule has 2 rings (SSSR count). The van der Waals surface area contributed by atoms with Gasteiger partial charge < -0.3 is 4.98 Å². The van der Waals surface area contributed by atoms with Crippen molar-refractivity contribution in [3.63, 3.8) is 0 Å². The molecule has 2 aromatic heterocycles. The number of H-pyrrole nitrogens is 1. The lowest BCUT2D eigenvalue weighted by Crippen LogP contribution is -2.13. The Balaban J connectivity index is 3.03. The fourth-order valence-corrected chi connectivity index (χ4v) is 1.18. The molecule has 0 radical (unpaired) electrons. The normalized spacial score (nSPS) is 10.8. The molecular weight excluding hydrogens is 156 g/mol. The van der Waals surface area contributed by atoms with Gasteiger partial charge in [0.15, 0.2) is 5.52 Å². The molecule has 0 saturated heterocycles. The van der Waals surface area contributed by atoms with Crippen molar-refractivity contribution in [1.29, 1.82) is 0 Å². The van der Waals surface area contributed by atoms with E-state index in [1.807, 2.05) is 0 Å². The van der Waals surface area contributed by atoms with E-state index in [-0.39, 0.29) is 5.56 Å². The summed E-state index contributed by atoms with van der Waals surface area (Å²) in [7, 11) is 0. The summed E-state index contributed by atoms with van der Waals surface area (Å²) in [6, 6.07) is 0. The van der Waals surface area contributed by atoms with E-state index in [0.29, 0.717) is 17.0 Å². The van der Waals surface area contributed by atoms with Crippen LogP contribution in [-0.4, -0.2) is 19.6 Å². The van der Waals surface area contributed by atoms with Gasteiger partial charge in [0.05, 0.1) is 5.69 Å². The summed E-state index contributed by atoms with van der Waals surface area (Å²) in [6.07, 6.45) is 1.53. The Bertz CT molecular complexity index is 482. The molecule has 0 amide bonds. The topological polar surface area (TPSA) is 63.1 Å². The highest BCUT2D eigenvalue weighted by Crippen LogP contribution is 1.99. The summed E-state index contributed by atoms with van der Waals surface area (Å²) in [5, 5.41) is 4.06. The van der Waals surface area contributed by atoms with Crippen molar-refractivity contribution in [2.75, 3.05) is 0 Å². The molecule has 5 heteroatoms. The number of nitrogens with one attached hydrogen (secondary N) is 1. The maximum atomic E-state index is 11.3. The monoisotopic (exact) mass is 164 g/mol. The highest BCUT2D eigenvalue weighted by atomic mass is 16.1. The van der Waals surface area contributed by atoms with Gasteiger partial charge in [-0.05, 0) is 13.8 Å². The molecule has 2 heterocycles. The number of aromatic nitrogens is 4. The van der Waals surface area contributed by atoms with Gasteiger partial charge in [-0.25, -0.2) is 9.50 Å². The second-order valence-corrected chi connectivity index (χ2v) is 2.66. The zero-order valence-corrected chi connectivity index (χ0v) is 6.83. The minimum Gasteiger partial charge on any atom is -0.307 e. The summed E-state index contributed by atoms with van der Waals surface area (Å²) in [6.45, 7) is 3.51. The van der Waals surface area contributed by atoms with Crippen molar-refractivity contribution in [2.45, 2.75) is 13.8 Å². The van der Waals surface area contributed by atoms with Crippen LogP contribution >= 0.6 is 0 Å². The van der Waals surface area contributed by atoms with Gasteiger partial charge in [-0.3, -0.25) is 4.79 Å². The molecule has 0 saturated carbocycles. The summed E-state index contributed by atoms with van der Waals surface area (Å²) in [5.74, 6) is 0.588. The van der Waals surface area contributed by atoms with E-state index in [9.17, 15) is 4.79 Å². The van der Waals surface area contributed by atoms with Gasteiger partial charge >= 0.3 is 0 Å². The van der Waals surface area contributed by atoms with Crippen molar-refractivity contribution in [3.05, 3.63) is 28.2 Å². The Kier molecular flexibility index (Phi) is 1.27. The summed E-state index contributed by atoms with van der Waals surface area (Å²) < 4.78 is 1.49. The van der Waals surface area contributed by atoms with E-state index in [4.69, 9.17) is 0 Å². The van der Waals surface area contributed by atoms with Gasteiger partial charge in [-0.2, -0.15) is 5.10 Å². The van der Waals surface area contributed by atoms with E-state index in [1.165, 1.54) is 10.8 Å². The fraction of sp³-hybridized carbons (Fsp3) is 0.286. The van der Waals surface area contributed by atoms with Crippen molar-refractivity contribution in [1.82, 2.24) is 19.6 Å². The smallest absolute Gasteiger partial charge is 0.277 e. The van der Waals surface area contributed by atoms with Gasteiger partial charge in [-0.15, -0.1) is 0 Å². The average Bonchev–Trinajstić information content (AvgIpc) is 2.31. The molecular formula is C7H8N4O. The van der Waals surface area contributed by atoms with E-state index in [1.54, 1.807) is 13.8 Å². The Morgan fingerprint density at radius 1 is 1.50 bits per heavy atom. The number of aromatic amines is 1. The number of hydrogen-bond acceptors (Lipinski definition) is 3. The molecule has 0 aromatic carbocycles. The third-order valence-corrected chi connectivity index (χ3v) is 1.70. The van der Waals surface area contributed by atoms with Crippen LogP contribution in [-0.2, 0) is 0 Å². The van der Waals surface area contributed by atoms with Crippen LogP contribution in [0, 0.1) is 13.8 Å². The van der Waals surface area contributed by atoms with Crippen molar-refractivity contribution < 1.29 is 0 Å². The molecule has 12 heavy (non-hydrogen) atoms. The SMILES string of the molecule is Cc1nn2cnc(C)c2c(=O)[nH]1. The molecule has 0 aliphatic heterocycles. The average molecular weight is 164 g/mol. The lowest BCUT2D eigenvalue weighted by Gasteiger charge is -1.93. The lowest BCUT2D eigenvalue weighted by atomic mass is 10.4. The minimum atomic E-state index is -0.141. The van der Waals surface area contributed by atoms with Gasteiger partial charge in [0.2, 0.25) is 0 Å².